The number of rotatable bonds is 3. The lowest BCUT2D eigenvalue weighted by atomic mass is 9.83. The third-order valence-corrected chi connectivity index (χ3v) is 2.98. The van der Waals surface area contributed by atoms with E-state index in [0.29, 0.717) is 0 Å². The minimum atomic E-state index is -1.54. The molecule has 0 aliphatic heterocycles. The first kappa shape index (κ1) is 18.2. The molecule has 0 saturated carbocycles. The highest BCUT2D eigenvalue weighted by molar-refractivity contribution is 5.85. The van der Waals surface area contributed by atoms with E-state index >= 15 is 0 Å². The van der Waals surface area contributed by atoms with Crippen molar-refractivity contribution in [3.63, 3.8) is 0 Å². The molecule has 1 aromatic carbocycles. The van der Waals surface area contributed by atoms with Gasteiger partial charge < -0.3 is 10.8 Å². The number of hydrogen-bond donors (Lipinski definition) is 2. The van der Waals surface area contributed by atoms with Crippen molar-refractivity contribution in [3.8, 4) is 0 Å². The fraction of sp³-hybridized carbons (Fsp3) is 0.538. The highest BCUT2D eigenvalue weighted by Gasteiger charge is 2.25. The van der Waals surface area contributed by atoms with E-state index in [1.165, 1.54) is 0 Å². The second-order valence-electron chi connectivity index (χ2n) is 5.52. The molecule has 0 unspecified atom stereocenters. The number of benzene rings is 1. The Hall–Kier alpha value is -0.780. The van der Waals surface area contributed by atoms with Crippen LogP contribution in [0.3, 0.4) is 0 Å². The Bertz CT molecular complexity index is 411. The Labute approximate surface area is 117 Å². The summed E-state index contributed by atoms with van der Waals surface area (Å²) < 4.78 is 38.8. The molecule has 0 bridgehead atoms. The van der Waals surface area contributed by atoms with E-state index in [1.54, 1.807) is 0 Å². The van der Waals surface area contributed by atoms with Gasteiger partial charge in [0.25, 0.3) is 0 Å². The van der Waals surface area contributed by atoms with Crippen LogP contribution < -0.4 is 5.73 Å². The molecule has 110 valence electrons. The molecule has 2 nitrogen and oxygen atoms in total. The third-order valence-electron chi connectivity index (χ3n) is 2.98. The normalized spacial score (nSPS) is 14.7. The predicted octanol–water partition coefficient (Wildman–Crippen LogP) is 3.32. The molecule has 2 atom stereocenters. The van der Waals surface area contributed by atoms with Crippen LogP contribution >= 0.6 is 12.4 Å². The number of aliphatic hydroxyl groups excluding tert-OH is 1. The summed E-state index contributed by atoms with van der Waals surface area (Å²) in [6, 6.07) is 1.24. The van der Waals surface area contributed by atoms with Crippen LogP contribution in [0.2, 0.25) is 0 Å². The molecule has 0 aliphatic rings. The molecule has 1 aromatic rings. The van der Waals surface area contributed by atoms with Crippen LogP contribution in [-0.4, -0.2) is 11.1 Å². The molecule has 0 aromatic heterocycles. The minimum absolute atomic E-state index is 0. The Balaban J connectivity index is 0.00000324. The van der Waals surface area contributed by atoms with E-state index in [-0.39, 0.29) is 35.8 Å². The largest absolute Gasteiger partial charge is 0.388 e. The molecular weight excluding hydrogens is 279 g/mol. The topological polar surface area (TPSA) is 46.2 Å². The Kier molecular flexibility index (Phi) is 6.32. The quantitative estimate of drug-likeness (QED) is 0.841. The van der Waals surface area contributed by atoms with Crippen LogP contribution in [0.1, 0.15) is 38.9 Å². The second kappa shape index (κ2) is 6.59. The third kappa shape index (κ3) is 4.67. The molecule has 0 radical (unpaired) electrons. The number of nitrogens with two attached hydrogens (primary N) is 1. The number of hydrogen-bond acceptors (Lipinski definition) is 2. The summed E-state index contributed by atoms with van der Waals surface area (Å²) in [5.41, 5.74) is 5.63. The zero-order chi connectivity index (χ0) is 14.1. The summed E-state index contributed by atoms with van der Waals surface area (Å²) in [7, 11) is 0. The Morgan fingerprint density at radius 3 is 1.95 bits per heavy atom. The van der Waals surface area contributed by atoms with Crippen molar-refractivity contribution in [3.05, 3.63) is 35.1 Å². The molecule has 0 saturated heterocycles. The van der Waals surface area contributed by atoms with Gasteiger partial charge in [0.2, 0.25) is 0 Å². The molecule has 1 rings (SSSR count). The average molecular weight is 298 g/mol. The van der Waals surface area contributed by atoms with Crippen molar-refractivity contribution < 1.29 is 18.3 Å². The first-order chi connectivity index (χ1) is 8.12. The van der Waals surface area contributed by atoms with Gasteiger partial charge in [0.05, 0.1) is 6.10 Å². The van der Waals surface area contributed by atoms with Gasteiger partial charge in [-0.15, -0.1) is 12.4 Å². The smallest absolute Gasteiger partial charge is 0.194 e. The van der Waals surface area contributed by atoms with E-state index in [4.69, 9.17) is 5.73 Å². The van der Waals surface area contributed by atoms with Gasteiger partial charge in [-0.2, -0.15) is 0 Å². The minimum Gasteiger partial charge on any atom is -0.388 e. The molecule has 0 fully saturated rings. The van der Waals surface area contributed by atoms with Gasteiger partial charge in [0, 0.05) is 6.04 Å². The van der Waals surface area contributed by atoms with Gasteiger partial charge in [-0.25, -0.2) is 13.2 Å². The highest BCUT2D eigenvalue weighted by atomic mass is 35.5. The van der Waals surface area contributed by atoms with Crippen molar-refractivity contribution in [2.45, 2.75) is 39.3 Å². The van der Waals surface area contributed by atoms with E-state index < -0.39 is 23.6 Å². The maximum Gasteiger partial charge on any atom is 0.194 e. The summed E-state index contributed by atoms with van der Waals surface area (Å²) >= 11 is 0. The average Bonchev–Trinajstić information content (AvgIpc) is 2.23. The van der Waals surface area contributed by atoms with Crippen LogP contribution in [0.25, 0.3) is 0 Å². The lowest BCUT2D eigenvalue weighted by Crippen LogP contribution is -2.36. The Morgan fingerprint density at radius 2 is 1.58 bits per heavy atom. The summed E-state index contributed by atoms with van der Waals surface area (Å²) in [5, 5.41) is 9.86. The maximum atomic E-state index is 13.0. The van der Waals surface area contributed by atoms with Crippen molar-refractivity contribution in [1.82, 2.24) is 0 Å². The molecular formula is C13H19ClF3NO. The van der Waals surface area contributed by atoms with Crippen molar-refractivity contribution >= 4 is 12.4 Å². The van der Waals surface area contributed by atoms with Gasteiger partial charge in [0.15, 0.2) is 17.5 Å². The molecule has 3 N–H and O–H groups in total. The van der Waals surface area contributed by atoms with Crippen molar-refractivity contribution in [1.29, 1.82) is 0 Å². The lowest BCUT2D eigenvalue weighted by Gasteiger charge is -2.29. The van der Waals surface area contributed by atoms with E-state index in [2.05, 4.69) is 0 Å². The zero-order valence-corrected chi connectivity index (χ0v) is 11.9. The van der Waals surface area contributed by atoms with Gasteiger partial charge in [-0.1, -0.05) is 20.8 Å². The first-order valence-corrected chi connectivity index (χ1v) is 5.71. The summed E-state index contributed by atoms with van der Waals surface area (Å²) in [5.74, 6) is -4.16. The van der Waals surface area contributed by atoms with Gasteiger partial charge >= 0.3 is 0 Å². The standard InChI is InChI=1S/C13H18F3NO.ClH/c1-13(2,3)11(17)6-10(18)7-4-8(14)12(16)9(15)5-7;/h4-5,10-11,18H,6,17H2,1-3H3;1H/t10-,11-;/m1./s1. The van der Waals surface area contributed by atoms with Crippen LogP contribution in [0.5, 0.6) is 0 Å². The lowest BCUT2D eigenvalue weighted by molar-refractivity contribution is 0.132. The van der Waals surface area contributed by atoms with Crippen LogP contribution in [-0.2, 0) is 0 Å². The number of halogens is 4. The van der Waals surface area contributed by atoms with Crippen LogP contribution in [0.4, 0.5) is 13.2 Å². The number of aliphatic hydroxyl groups is 1. The second-order valence-corrected chi connectivity index (χ2v) is 5.52. The fourth-order valence-electron chi connectivity index (χ4n) is 1.50. The van der Waals surface area contributed by atoms with Gasteiger partial charge in [-0.3, -0.25) is 0 Å². The molecule has 19 heavy (non-hydrogen) atoms. The fourth-order valence-corrected chi connectivity index (χ4v) is 1.50. The summed E-state index contributed by atoms with van der Waals surface area (Å²) in [6.07, 6.45) is -0.975. The van der Waals surface area contributed by atoms with Crippen molar-refractivity contribution in [2.75, 3.05) is 0 Å². The van der Waals surface area contributed by atoms with Crippen LogP contribution in [0, 0.1) is 22.9 Å². The molecule has 0 aliphatic carbocycles. The Morgan fingerprint density at radius 1 is 1.16 bits per heavy atom. The molecule has 6 heteroatoms. The summed E-state index contributed by atoms with van der Waals surface area (Å²) in [4.78, 5) is 0. The van der Waals surface area contributed by atoms with Crippen LogP contribution in [0.15, 0.2) is 12.1 Å². The zero-order valence-electron chi connectivity index (χ0n) is 11.1. The first-order valence-electron chi connectivity index (χ1n) is 5.71. The molecule has 0 heterocycles. The molecule has 0 amide bonds. The predicted molar refractivity (Wildman–Crippen MR) is 70.6 cm³/mol. The van der Waals surface area contributed by atoms with E-state index in [0.717, 1.165) is 12.1 Å². The monoisotopic (exact) mass is 297 g/mol. The van der Waals surface area contributed by atoms with E-state index in [9.17, 15) is 18.3 Å². The molecule has 0 spiro atoms. The maximum absolute atomic E-state index is 13.0. The van der Waals surface area contributed by atoms with Gasteiger partial charge in [-0.05, 0) is 29.5 Å². The summed E-state index contributed by atoms with van der Waals surface area (Å²) in [6.45, 7) is 5.70. The van der Waals surface area contributed by atoms with E-state index in [1.807, 2.05) is 20.8 Å². The SMILES string of the molecule is CC(C)(C)[C@H](N)C[C@@H](O)c1cc(F)c(F)c(F)c1.Cl. The van der Waals surface area contributed by atoms with Gasteiger partial charge in [0.1, 0.15) is 0 Å². The highest BCUT2D eigenvalue weighted by Crippen LogP contribution is 2.28. The van der Waals surface area contributed by atoms with Crippen molar-refractivity contribution in [2.24, 2.45) is 11.1 Å².